The molecule has 36 heavy (non-hydrogen) atoms. The SMILES string of the molecule is COc1ccc(Cl)cc1NC1=C(Sc2ccccc2)C(=O)N(c2ccc(C(=O)OC(C)C)cc2)C1=O. The summed E-state index contributed by atoms with van der Waals surface area (Å²) < 4.78 is 10.6. The van der Waals surface area contributed by atoms with E-state index in [1.165, 1.54) is 31.0 Å². The molecule has 1 aliphatic rings. The van der Waals surface area contributed by atoms with Crippen LogP contribution in [0.1, 0.15) is 24.2 Å². The molecule has 1 N–H and O–H groups in total. The molecule has 7 nitrogen and oxygen atoms in total. The Labute approximate surface area is 218 Å². The van der Waals surface area contributed by atoms with Crippen molar-refractivity contribution in [2.45, 2.75) is 24.8 Å². The van der Waals surface area contributed by atoms with Crippen molar-refractivity contribution in [2.24, 2.45) is 0 Å². The standard InChI is InChI=1S/C27H23ClN2O5S/c1-16(2)35-27(33)17-9-12-19(13-10-17)30-25(31)23(29-21-15-18(28)11-14-22(21)34-3)24(26(30)32)36-20-7-5-4-6-8-20/h4-16,29H,1-3H3. The molecule has 0 saturated carbocycles. The maximum absolute atomic E-state index is 13.6. The van der Waals surface area contributed by atoms with Crippen LogP contribution in [0.5, 0.6) is 5.75 Å². The lowest BCUT2D eigenvalue weighted by Crippen LogP contribution is -2.32. The van der Waals surface area contributed by atoms with E-state index in [1.807, 2.05) is 30.3 Å². The third-order valence-corrected chi connectivity index (χ3v) is 6.46. The second-order valence-electron chi connectivity index (χ2n) is 8.04. The Morgan fingerprint density at radius 2 is 1.67 bits per heavy atom. The number of imide groups is 1. The molecule has 9 heteroatoms. The van der Waals surface area contributed by atoms with Crippen LogP contribution in [0.2, 0.25) is 5.02 Å². The van der Waals surface area contributed by atoms with Crippen molar-refractivity contribution in [3.05, 3.63) is 94.0 Å². The number of nitrogens with one attached hydrogen (secondary N) is 1. The molecule has 0 unspecified atom stereocenters. The van der Waals surface area contributed by atoms with Crippen molar-refractivity contribution in [1.29, 1.82) is 0 Å². The fraction of sp³-hybridized carbons (Fsp3) is 0.148. The van der Waals surface area contributed by atoms with Gasteiger partial charge >= 0.3 is 5.97 Å². The molecule has 3 aromatic rings. The first-order chi connectivity index (χ1) is 17.3. The number of carbonyl (C=O) groups is 3. The fourth-order valence-electron chi connectivity index (χ4n) is 3.50. The topological polar surface area (TPSA) is 84.9 Å². The summed E-state index contributed by atoms with van der Waals surface area (Å²) in [7, 11) is 1.50. The smallest absolute Gasteiger partial charge is 0.338 e. The van der Waals surface area contributed by atoms with E-state index < -0.39 is 17.8 Å². The average molecular weight is 523 g/mol. The predicted octanol–water partition coefficient (Wildman–Crippen LogP) is 5.90. The first-order valence-electron chi connectivity index (χ1n) is 11.1. The molecule has 4 rings (SSSR count). The number of ether oxygens (including phenoxy) is 2. The lowest BCUT2D eigenvalue weighted by molar-refractivity contribution is -0.120. The second kappa shape index (κ2) is 10.9. The number of hydrogen-bond acceptors (Lipinski definition) is 7. The van der Waals surface area contributed by atoms with Crippen molar-refractivity contribution in [3.8, 4) is 5.75 Å². The zero-order chi connectivity index (χ0) is 25.8. The Hall–Kier alpha value is -3.75. The van der Waals surface area contributed by atoms with Crippen LogP contribution in [0.3, 0.4) is 0 Å². The van der Waals surface area contributed by atoms with Crippen LogP contribution in [0, 0.1) is 0 Å². The number of halogens is 1. The summed E-state index contributed by atoms with van der Waals surface area (Å²) in [5, 5.41) is 3.50. The Morgan fingerprint density at radius 3 is 2.31 bits per heavy atom. The van der Waals surface area contributed by atoms with Gasteiger partial charge in [0.05, 0.1) is 30.2 Å². The number of anilines is 2. The highest BCUT2D eigenvalue weighted by Crippen LogP contribution is 2.39. The maximum atomic E-state index is 13.6. The van der Waals surface area contributed by atoms with Crippen molar-refractivity contribution < 1.29 is 23.9 Å². The van der Waals surface area contributed by atoms with Crippen LogP contribution in [-0.4, -0.2) is 31.0 Å². The van der Waals surface area contributed by atoms with E-state index in [9.17, 15) is 14.4 Å². The summed E-state index contributed by atoms with van der Waals surface area (Å²) in [5.41, 5.74) is 1.19. The molecule has 2 amide bonds. The number of amides is 2. The van der Waals surface area contributed by atoms with Gasteiger partial charge in [-0.05, 0) is 68.4 Å². The van der Waals surface area contributed by atoms with Gasteiger partial charge in [0.1, 0.15) is 16.4 Å². The van der Waals surface area contributed by atoms with Crippen molar-refractivity contribution >= 4 is 52.5 Å². The van der Waals surface area contributed by atoms with E-state index in [-0.39, 0.29) is 16.7 Å². The van der Waals surface area contributed by atoms with E-state index in [0.717, 1.165) is 9.80 Å². The van der Waals surface area contributed by atoms with Gasteiger partial charge in [0.2, 0.25) is 0 Å². The zero-order valence-corrected chi connectivity index (χ0v) is 21.4. The van der Waals surface area contributed by atoms with Gasteiger partial charge in [0.25, 0.3) is 11.8 Å². The predicted molar refractivity (Wildman–Crippen MR) is 140 cm³/mol. The molecule has 3 aromatic carbocycles. The van der Waals surface area contributed by atoms with Crippen molar-refractivity contribution in [1.82, 2.24) is 0 Å². The molecular weight excluding hydrogens is 500 g/mol. The summed E-state index contributed by atoms with van der Waals surface area (Å²) in [6.45, 7) is 3.52. The number of methoxy groups -OCH3 is 1. The number of benzene rings is 3. The molecule has 0 aliphatic carbocycles. The molecular formula is C27H23ClN2O5S. The van der Waals surface area contributed by atoms with Crippen LogP contribution in [0.4, 0.5) is 11.4 Å². The number of carbonyl (C=O) groups excluding carboxylic acids is 3. The summed E-state index contributed by atoms with van der Waals surface area (Å²) in [6.07, 6.45) is -0.266. The van der Waals surface area contributed by atoms with Crippen LogP contribution < -0.4 is 15.0 Å². The molecule has 184 valence electrons. The van der Waals surface area contributed by atoms with Crippen LogP contribution in [-0.2, 0) is 14.3 Å². The molecule has 1 aliphatic heterocycles. The Bertz CT molecular complexity index is 1340. The molecule has 0 fully saturated rings. The van der Waals surface area contributed by atoms with Crippen LogP contribution in [0.15, 0.2) is 88.3 Å². The highest BCUT2D eigenvalue weighted by molar-refractivity contribution is 8.04. The average Bonchev–Trinajstić information content (AvgIpc) is 3.08. The number of nitrogens with zero attached hydrogens (tertiary/aromatic N) is 1. The lowest BCUT2D eigenvalue weighted by atomic mass is 10.2. The quantitative estimate of drug-likeness (QED) is 0.291. The number of rotatable bonds is 8. The lowest BCUT2D eigenvalue weighted by Gasteiger charge is -2.16. The molecule has 0 radical (unpaired) electrons. The van der Waals surface area contributed by atoms with Crippen molar-refractivity contribution in [3.63, 3.8) is 0 Å². The van der Waals surface area contributed by atoms with Gasteiger partial charge in [-0.25, -0.2) is 9.69 Å². The molecule has 0 saturated heterocycles. The minimum absolute atomic E-state index is 0.0951. The van der Waals surface area contributed by atoms with Gasteiger partial charge in [-0.15, -0.1) is 0 Å². The first kappa shape index (κ1) is 25.3. The third kappa shape index (κ3) is 5.40. The highest BCUT2D eigenvalue weighted by Gasteiger charge is 2.40. The second-order valence-corrected chi connectivity index (χ2v) is 9.56. The maximum Gasteiger partial charge on any atom is 0.338 e. The van der Waals surface area contributed by atoms with Crippen LogP contribution >= 0.6 is 23.4 Å². The largest absolute Gasteiger partial charge is 0.495 e. The van der Waals surface area contributed by atoms with E-state index in [2.05, 4.69) is 5.32 Å². The van der Waals surface area contributed by atoms with Gasteiger partial charge in [-0.2, -0.15) is 0 Å². The van der Waals surface area contributed by atoms with Crippen molar-refractivity contribution in [2.75, 3.05) is 17.3 Å². The summed E-state index contributed by atoms with van der Waals surface area (Å²) in [4.78, 5) is 41.4. The van der Waals surface area contributed by atoms with Gasteiger partial charge in [0, 0.05) is 9.92 Å². The minimum atomic E-state index is -0.544. The molecule has 1 heterocycles. The Kier molecular flexibility index (Phi) is 7.67. The molecule has 0 spiro atoms. The zero-order valence-electron chi connectivity index (χ0n) is 19.8. The molecule has 0 aromatic heterocycles. The normalized spacial score (nSPS) is 13.4. The Balaban J connectivity index is 1.70. The van der Waals surface area contributed by atoms with Crippen LogP contribution in [0.25, 0.3) is 0 Å². The number of esters is 1. The van der Waals surface area contributed by atoms with E-state index in [4.69, 9.17) is 21.1 Å². The summed E-state index contributed by atoms with van der Waals surface area (Å²) in [6, 6.07) is 20.4. The minimum Gasteiger partial charge on any atom is -0.495 e. The number of thioether (sulfide) groups is 1. The summed E-state index contributed by atoms with van der Waals surface area (Å²) in [5.74, 6) is -1.06. The van der Waals surface area contributed by atoms with E-state index in [1.54, 1.807) is 44.2 Å². The highest BCUT2D eigenvalue weighted by atomic mass is 35.5. The van der Waals surface area contributed by atoms with Gasteiger partial charge in [-0.1, -0.05) is 41.6 Å². The van der Waals surface area contributed by atoms with Gasteiger partial charge in [-0.3, -0.25) is 9.59 Å². The molecule has 0 bridgehead atoms. The number of hydrogen-bond donors (Lipinski definition) is 1. The monoisotopic (exact) mass is 522 g/mol. The fourth-order valence-corrected chi connectivity index (χ4v) is 4.62. The van der Waals surface area contributed by atoms with E-state index in [0.29, 0.717) is 27.7 Å². The summed E-state index contributed by atoms with van der Waals surface area (Å²) >= 11 is 7.35. The molecule has 0 atom stereocenters. The Morgan fingerprint density at radius 1 is 0.972 bits per heavy atom. The third-order valence-electron chi connectivity index (χ3n) is 5.13. The first-order valence-corrected chi connectivity index (χ1v) is 12.3. The van der Waals surface area contributed by atoms with Gasteiger partial charge in [0.15, 0.2) is 0 Å². The van der Waals surface area contributed by atoms with Gasteiger partial charge < -0.3 is 14.8 Å². The van der Waals surface area contributed by atoms with E-state index >= 15 is 0 Å².